The van der Waals surface area contributed by atoms with Crippen LogP contribution in [0, 0.1) is 5.92 Å². The Hall–Kier alpha value is -1.46. The summed E-state index contributed by atoms with van der Waals surface area (Å²) >= 11 is 12.0. The van der Waals surface area contributed by atoms with Crippen molar-refractivity contribution in [3.63, 3.8) is 0 Å². The molecule has 0 bridgehead atoms. The lowest BCUT2D eigenvalue weighted by Gasteiger charge is -2.35. The van der Waals surface area contributed by atoms with Gasteiger partial charge in [0.15, 0.2) is 0 Å². The van der Waals surface area contributed by atoms with E-state index in [1.54, 1.807) is 18.2 Å². The van der Waals surface area contributed by atoms with Crippen molar-refractivity contribution in [2.45, 2.75) is 38.5 Å². The molecule has 3 rings (SSSR count). The molecule has 0 N–H and O–H groups in total. The highest BCUT2D eigenvalue weighted by Crippen LogP contribution is 2.31. The van der Waals surface area contributed by atoms with Crippen LogP contribution in [0.1, 0.15) is 38.5 Å². The van der Waals surface area contributed by atoms with E-state index in [0.717, 1.165) is 0 Å². The Morgan fingerprint density at radius 1 is 1.00 bits per heavy atom. The summed E-state index contributed by atoms with van der Waals surface area (Å²) in [6.07, 6.45) is 5.81. The lowest BCUT2D eigenvalue weighted by molar-refractivity contribution is -0.140. The van der Waals surface area contributed by atoms with E-state index in [-0.39, 0.29) is 24.8 Å². The molecule has 0 spiro atoms. The number of halogens is 2. The van der Waals surface area contributed by atoms with Crippen LogP contribution in [0.3, 0.4) is 0 Å². The average Bonchev–Trinajstić information content (AvgIpc) is 3.18. The summed E-state index contributed by atoms with van der Waals surface area (Å²) in [6.45, 7) is 2.68. The molecule has 0 aromatic heterocycles. The van der Waals surface area contributed by atoms with Crippen LogP contribution in [0.25, 0.3) is 0 Å². The zero-order chi connectivity index (χ0) is 19.2. The van der Waals surface area contributed by atoms with E-state index < -0.39 is 0 Å². The molecule has 2 aliphatic rings. The second-order valence-electron chi connectivity index (χ2n) is 7.27. The minimum absolute atomic E-state index is 0.0380. The fourth-order valence-corrected chi connectivity index (χ4v) is 4.14. The molecule has 1 saturated heterocycles. The molecular weight excluding hydrogens is 387 g/mol. The molecule has 1 aromatic carbocycles. The number of piperazine rings is 1. The second kappa shape index (κ2) is 9.65. The van der Waals surface area contributed by atoms with Crippen molar-refractivity contribution in [2.24, 2.45) is 5.92 Å². The first-order valence-electron chi connectivity index (χ1n) is 9.67. The minimum atomic E-state index is 0.0380. The Balaban J connectivity index is 1.38. The van der Waals surface area contributed by atoms with Crippen LogP contribution in [0.2, 0.25) is 10.0 Å². The van der Waals surface area contributed by atoms with Gasteiger partial charge in [-0.2, -0.15) is 0 Å². The monoisotopic (exact) mass is 412 g/mol. The number of nitrogens with zero attached hydrogens (tertiary/aromatic N) is 2. The third-order valence-electron chi connectivity index (χ3n) is 5.41. The average molecular weight is 413 g/mol. The number of hydrogen-bond acceptors (Lipinski definition) is 3. The summed E-state index contributed by atoms with van der Waals surface area (Å²) in [5.41, 5.74) is 0. The fraction of sp³-hybridized carbons (Fsp3) is 0.600. The maximum atomic E-state index is 12.4. The predicted molar refractivity (Wildman–Crippen MR) is 106 cm³/mol. The molecule has 7 heteroatoms. The Morgan fingerprint density at radius 2 is 1.63 bits per heavy atom. The van der Waals surface area contributed by atoms with Gasteiger partial charge in [0.1, 0.15) is 10.8 Å². The molecule has 5 nitrogen and oxygen atoms in total. The molecule has 148 valence electrons. The van der Waals surface area contributed by atoms with E-state index in [1.807, 2.05) is 9.80 Å². The smallest absolute Gasteiger partial charge is 0.226 e. The molecule has 1 saturated carbocycles. The first kappa shape index (κ1) is 20.3. The van der Waals surface area contributed by atoms with E-state index in [9.17, 15) is 9.59 Å². The normalized spacial score (nSPS) is 18.0. The van der Waals surface area contributed by atoms with E-state index in [0.29, 0.717) is 54.3 Å². The van der Waals surface area contributed by atoms with E-state index in [4.69, 9.17) is 27.9 Å². The molecular formula is C20H26Cl2N2O3. The minimum Gasteiger partial charge on any atom is -0.491 e. The summed E-state index contributed by atoms with van der Waals surface area (Å²) in [5.74, 6) is 1.33. The van der Waals surface area contributed by atoms with Crippen molar-refractivity contribution >= 4 is 35.0 Å². The van der Waals surface area contributed by atoms with E-state index in [2.05, 4.69) is 0 Å². The lowest BCUT2D eigenvalue weighted by atomic mass is 10.0. The largest absolute Gasteiger partial charge is 0.491 e. The van der Waals surface area contributed by atoms with Crippen molar-refractivity contribution in [2.75, 3.05) is 32.8 Å². The van der Waals surface area contributed by atoms with Crippen LogP contribution >= 0.6 is 23.2 Å². The van der Waals surface area contributed by atoms with Gasteiger partial charge in [0.2, 0.25) is 11.8 Å². The molecule has 0 unspecified atom stereocenters. The maximum Gasteiger partial charge on any atom is 0.226 e. The Bertz CT molecular complexity index is 669. The van der Waals surface area contributed by atoms with Crippen LogP contribution in [0.15, 0.2) is 18.2 Å². The van der Waals surface area contributed by atoms with Crippen LogP contribution in [0.4, 0.5) is 0 Å². The third kappa shape index (κ3) is 5.52. The first-order valence-corrected chi connectivity index (χ1v) is 10.4. The molecule has 1 heterocycles. The van der Waals surface area contributed by atoms with Gasteiger partial charge in [-0.25, -0.2) is 0 Å². The number of carbonyl (C=O) groups is 2. The standard InChI is InChI=1S/C20H26Cl2N2O3/c21-16-6-3-7-17(20(16)22)27-13-8-18(25)23-9-11-24(12-10-23)19(26)14-15-4-1-2-5-15/h3,6-7,15H,1-2,4-5,8-14H2. The second-order valence-corrected chi connectivity index (χ2v) is 8.05. The summed E-state index contributed by atoms with van der Waals surface area (Å²) in [4.78, 5) is 28.5. The summed E-state index contributed by atoms with van der Waals surface area (Å²) in [6, 6.07) is 5.18. The van der Waals surface area contributed by atoms with Gasteiger partial charge < -0.3 is 14.5 Å². The Kier molecular flexibility index (Phi) is 7.25. The lowest BCUT2D eigenvalue weighted by Crippen LogP contribution is -2.51. The molecule has 2 fully saturated rings. The molecule has 1 aromatic rings. The molecule has 27 heavy (non-hydrogen) atoms. The van der Waals surface area contributed by atoms with Gasteiger partial charge in [-0.1, -0.05) is 42.1 Å². The summed E-state index contributed by atoms with van der Waals surface area (Å²) < 4.78 is 5.58. The van der Waals surface area contributed by atoms with Crippen molar-refractivity contribution in [1.82, 2.24) is 9.80 Å². The molecule has 0 radical (unpaired) electrons. The SMILES string of the molecule is O=C(CCOc1cccc(Cl)c1Cl)N1CCN(C(=O)CC2CCCC2)CC1. The molecule has 1 aliphatic heterocycles. The van der Waals surface area contributed by atoms with E-state index >= 15 is 0 Å². The van der Waals surface area contributed by atoms with Gasteiger partial charge in [0, 0.05) is 32.6 Å². The molecule has 2 amide bonds. The van der Waals surface area contributed by atoms with Gasteiger partial charge in [-0.05, 0) is 30.9 Å². The summed E-state index contributed by atoms with van der Waals surface area (Å²) in [7, 11) is 0. The first-order chi connectivity index (χ1) is 13.0. The number of ether oxygens (including phenoxy) is 1. The predicted octanol–water partition coefficient (Wildman–Crippen LogP) is 4.01. The van der Waals surface area contributed by atoms with E-state index in [1.165, 1.54) is 25.7 Å². The third-order valence-corrected chi connectivity index (χ3v) is 6.21. The maximum absolute atomic E-state index is 12.4. The van der Waals surface area contributed by atoms with Gasteiger partial charge in [0.05, 0.1) is 18.1 Å². The zero-order valence-corrected chi connectivity index (χ0v) is 17.0. The zero-order valence-electron chi connectivity index (χ0n) is 15.5. The van der Waals surface area contributed by atoms with Gasteiger partial charge in [-0.15, -0.1) is 0 Å². The number of rotatable bonds is 6. The quantitative estimate of drug-likeness (QED) is 0.708. The van der Waals surface area contributed by atoms with Gasteiger partial charge in [0.25, 0.3) is 0 Å². The molecule has 0 atom stereocenters. The highest BCUT2D eigenvalue weighted by molar-refractivity contribution is 6.42. The highest BCUT2D eigenvalue weighted by atomic mass is 35.5. The van der Waals surface area contributed by atoms with Crippen LogP contribution in [-0.2, 0) is 9.59 Å². The topological polar surface area (TPSA) is 49.9 Å². The van der Waals surface area contributed by atoms with Gasteiger partial charge in [-0.3, -0.25) is 9.59 Å². The van der Waals surface area contributed by atoms with Crippen molar-refractivity contribution < 1.29 is 14.3 Å². The molecule has 1 aliphatic carbocycles. The van der Waals surface area contributed by atoms with Crippen molar-refractivity contribution in [1.29, 1.82) is 0 Å². The van der Waals surface area contributed by atoms with Gasteiger partial charge >= 0.3 is 0 Å². The Morgan fingerprint density at radius 3 is 2.30 bits per heavy atom. The Labute approximate surface area is 170 Å². The van der Waals surface area contributed by atoms with Crippen LogP contribution in [-0.4, -0.2) is 54.4 Å². The highest BCUT2D eigenvalue weighted by Gasteiger charge is 2.26. The summed E-state index contributed by atoms with van der Waals surface area (Å²) in [5, 5.41) is 0.792. The van der Waals surface area contributed by atoms with Crippen molar-refractivity contribution in [3.8, 4) is 5.75 Å². The van der Waals surface area contributed by atoms with Crippen molar-refractivity contribution in [3.05, 3.63) is 28.2 Å². The van der Waals surface area contributed by atoms with Crippen LogP contribution in [0.5, 0.6) is 5.75 Å². The fourth-order valence-electron chi connectivity index (χ4n) is 3.80. The van der Waals surface area contributed by atoms with Crippen LogP contribution < -0.4 is 4.74 Å². The number of benzene rings is 1. The number of carbonyl (C=O) groups excluding carboxylic acids is 2. The number of amides is 2. The number of hydrogen-bond donors (Lipinski definition) is 0.